The molecule has 0 saturated heterocycles. The number of hydrogen-bond acceptors (Lipinski definition) is 25. The van der Waals surface area contributed by atoms with E-state index in [0.29, 0.717) is 5.56 Å². The number of carboxylic acid groups (broad SMARTS) is 1. The molecule has 50 nitrogen and oxygen atoms in total. The number of carbonyl (C=O) groups is 21. The van der Waals surface area contributed by atoms with Gasteiger partial charge in [0, 0.05) is 54.8 Å². The van der Waals surface area contributed by atoms with Gasteiger partial charge in [0.1, 0.15) is 72.5 Å². The lowest BCUT2D eigenvalue weighted by Gasteiger charge is -2.28. The molecule has 2 aromatic heterocycles. The third kappa shape index (κ3) is 38.6. The van der Waals surface area contributed by atoms with Gasteiger partial charge >= 0.3 is 5.97 Å². The Morgan fingerprint density at radius 1 is 0.422 bits per heavy atom. The quantitative estimate of drug-likeness (QED) is 0.0111. The third-order valence-corrected chi connectivity index (χ3v) is 18.8. The first-order valence-electron chi connectivity index (χ1n) is 40.4. The van der Waals surface area contributed by atoms with E-state index in [1.807, 2.05) is 24.3 Å². The summed E-state index contributed by atoms with van der Waals surface area (Å²) in [4.78, 5) is 287. The van der Waals surface area contributed by atoms with Gasteiger partial charge in [-0.3, -0.25) is 106 Å². The van der Waals surface area contributed by atoms with E-state index in [-0.39, 0.29) is 56.7 Å². The minimum Gasteiger partial charge on any atom is -0.481 e. The van der Waals surface area contributed by atoms with Crippen molar-refractivity contribution in [1.29, 1.82) is 5.41 Å². The molecule has 4 rings (SSSR count). The number of aliphatic hydroxyl groups excluding tert-OH is 1. The molecule has 50 heteroatoms. The van der Waals surface area contributed by atoms with Crippen molar-refractivity contribution in [1.82, 2.24) is 111 Å². The van der Waals surface area contributed by atoms with E-state index in [4.69, 9.17) is 34.1 Å². The average Bonchev–Trinajstić information content (AvgIpc) is 1.69. The maximum absolute atomic E-state index is 14.6. The van der Waals surface area contributed by atoms with Crippen LogP contribution in [0.4, 0.5) is 0 Å². The van der Waals surface area contributed by atoms with Crippen molar-refractivity contribution in [2.45, 2.75) is 191 Å². The Labute approximate surface area is 732 Å². The lowest BCUT2D eigenvalue weighted by molar-refractivity contribution is -0.138. The molecule has 2 heterocycles. The first-order valence-corrected chi connectivity index (χ1v) is 40.4. The number of nitrogens with zero attached hydrogens (tertiary/aromatic N) is 1. The zero-order valence-electron chi connectivity index (χ0n) is 71.4. The number of carbonyl (C=O) groups excluding carboxylic acids is 20. The van der Waals surface area contributed by atoms with Gasteiger partial charge in [-0.1, -0.05) is 76.2 Å². The van der Waals surface area contributed by atoms with Gasteiger partial charge in [0.25, 0.3) is 0 Å². The highest BCUT2D eigenvalue weighted by Crippen LogP contribution is 2.19. The first kappa shape index (κ1) is 106. The molecule has 0 radical (unpaired) electrons. The van der Waals surface area contributed by atoms with Crippen molar-refractivity contribution in [2.24, 2.45) is 40.5 Å². The number of amides is 20. The summed E-state index contributed by atoms with van der Waals surface area (Å²) in [5.74, 6) is -22.9. The molecule has 0 aliphatic heterocycles. The number of aromatic amines is 2. The van der Waals surface area contributed by atoms with Crippen LogP contribution < -0.4 is 124 Å². The molecule has 0 saturated carbocycles. The molecule has 33 N–H and O–H groups in total. The van der Waals surface area contributed by atoms with Crippen molar-refractivity contribution in [3.63, 3.8) is 0 Å². The average molecular weight is 1800 g/mol. The number of hydrogen-bond donors (Lipinski definition) is 28. The van der Waals surface area contributed by atoms with Gasteiger partial charge in [0.05, 0.1) is 64.5 Å². The van der Waals surface area contributed by atoms with E-state index in [1.54, 1.807) is 50.4 Å². The van der Waals surface area contributed by atoms with Crippen LogP contribution in [0.2, 0.25) is 0 Å². The van der Waals surface area contributed by atoms with Crippen LogP contribution in [0.25, 0.3) is 10.9 Å². The summed E-state index contributed by atoms with van der Waals surface area (Å²) in [6, 6.07) is -4.50. The lowest BCUT2D eigenvalue weighted by atomic mass is 10.0. The standard InChI is InChI=1S/C78H115N27O23/c1-37(2)22-50(73(124)96-41(7)67(118)101-54(27-57(81)108)70(121)92-31-59(110)88-32-60(111)98-53(26-56(80)107)69(120)89-30-58(82)109)102-72(123)48(18-13-21-86-78(83)84)99-75(126)52(25-44-29-85-36-93-44)103-77(128)64(38(3)4)105-62(113)34-90-65(116)39(5)94-76(127)55(35-106)104-74(125)51(23-42-14-9-8-10-15-42)100-66(117)40(6)95-71(122)49(19-20-63(114)115)97-61(112)33-91-68(119)46(79)24-43-28-87-47-17-12-11-16-45(43)47/h8-12,14-17,28-29,36-41,46,48-55,64,87,106H,13,18-27,30-35,79H2,1-7H3,(H2,80,107)(H2,81,108)(H2,82,109)(H,85,93)(H,88,110)(H,89,120)(H,90,116)(H,91,119)(H,92,121)(H,94,127)(H,95,122)(H,96,124)(H,97,112)(H,98,111)(H,99,126)(H,100,117)(H,101,118)(H,102,123)(H,103,128)(H,104,125)(H,105,113)(H,114,115)(H4,83,84,86)/t39-,40-,41-,46-,48-,49-,50-,51-,52-,53-,54-,55-,64-/m0/s1. The second kappa shape index (κ2) is 53.4. The molecule has 13 atom stereocenters. The van der Waals surface area contributed by atoms with Gasteiger partial charge in [0.15, 0.2) is 5.96 Å². The highest BCUT2D eigenvalue weighted by Gasteiger charge is 2.37. The van der Waals surface area contributed by atoms with Crippen molar-refractivity contribution in [3.8, 4) is 0 Å². The molecule has 700 valence electrons. The van der Waals surface area contributed by atoms with Crippen molar-refractivity contribution in [3.05, 3.63) is 90.1 Å². The van der Waals surface area contributed by atoms with Crippen molar-refractivity contribution in [2.75, 3.05) is 45.9 Å². The fourth-order valence-electron chi connectivity index (χ4n) is 12.1. The number of H-pyrrole nitrogens is 2. The van der Waals surface area contributed by atoms with E-state index in [0.717, 1.165) is 16.5 Å². The predicted molar refractivity (Wildman–Crippen MR) is 452 cm³/mol. The maximum atomic E-state index is 14.6. The summed E-state index contributed by atoms with van der Waals surface area (Å²) in [6.45, 7) is 5.05. The number of aliphatic carboxylic acids is 1. The van der Waals surface area contributed by atoms with Crippen LogP contribution in [-0.4, -0.2) is 280 Å². The van der Waals surface area contributed by atoms with Crippen LogP contribution in [0, 0.1) is 17.2 Å². The number of benzene rings is 2. The summed E-state index contributed by atoms with van der Waals surface area (Å²) < 4.78 is 0. The first-order chi connectivity index (χ1) is 60.3. The molecule has 0 spiro atoms. The number of nitrogens with two attached hydrogens (primary N) is 5. The zero-order valence-corrected chi connectivity index (χ0v) is 71.4. The number of aliphatic hydroxyl groups is 1. The van der Waals surface area contributed by atoms with E-state index < -0.39 is 280 Å². The second-order valence-corrected chi connectivity index (χ2v) is 30.4. The van der Waals surface area contributed by atoms with Crippen molar-refractivity contribution >= 4 is 141 Å². The van der Waals surface area contributed by atoms with E-state index in [9.17, 15) is 111 Å². The molecule has 0 aliphatic carbocycles. The number of aromatic nitrogens is 3. The summed E-state index contributed by atoms with van der Waals surface area (Å²) in [6.07, 6.45) is 0.893. The Kier molecular flexibility index (Phi) is 44.1. The van der Waals surface area contributed by atoms with Gasteiger partial charge in [-0.05, 0) is 81.9 Å². The minimum absolute atomic E-state index is 0.0172. The van der Waals surface area contributed by atoms with Crippen LogP contribution in [-0.2, 0) is 120 Å². The molecule has 4 aromatic rings. The Balaban J connectivity index is 1.39. The lowest BCUT2D eigenvalue weighted by Crippen LogP contribution is -2.60. The highest BCUT2D eigenvalue weighted by atomic mass is 16.4. The minimum atomic E-state index is -1.80. The topological polar surface area (TPSA) is 814 Å². The number of rotatable bonds is 56. The highest BCUT2D eigenvalue weighted by molar-refractivity contribution is 6.02. The fourth-order valence-corrected chi connectivity index (χ4v) is 12.1. The molecule has 0 fully saturated rings. The maximum Gasteiger partial charge on any atom is 0.303 e. The number of guanidine groups is 1. The summed E-state index contributed by atoms with van der Waals surface area (Å²) >= 11 is 0. The number of carboxylic acids is 1. The molecule has 0 aliphatic rings. The predicted octanol–water partition coefficient (Wildman–Crippen LogP) is -11.2. The van der Waals surface area contributed by atoms with Crippen LogP contribution >= 0.6 is 0 Å². The van der Waals surface area contributed by atoms with E-state index in [1.165, 1.54) is 47.1 Å². The van der Waals surface area contributed by atoms with Crippen molar-refractivity contribution < 1.29 is 111 Å². The molecule has 0 bridgehead atoms. The molecule has 2 aromatic carbocycles. The largest absolute Gasteiger partial charge is 0.481 e. The molecular weight excluding hydrogens is 1680 g/mol. The summed E-state index contributed by atoms with van der Waals surface area (Å²) in [5.41, 5.74) is 29.5. The van der Waals surface area contributed by atoms with E-state index in [2.05, 4.69) is 111 Å². The normalized spacial score (nSPS) is 14.0. The molecule has 0 unspecified atom stereocenters. The SMILES string of the molecule is CC(C)C[C@H](NC(=O)[C@H](CCCNC(=N)N)NC(=O)[C@H](Cc1cnc[nH]1)NC(=O)[C@@H](NC(=O)CNC(=O)[C@H](C)NC(=O)[C@H](CO)NC(=O)[C@H](Cc1ccccc1)NC(=O)[C@H](C)NC(=O)[C@H](CCC(=O)O)NC(=O)CNC(=O)[C@@H](N)Cc1c[nH]c2ccccc12)C(C)C)C(=O)N[C@@H](C)C(=O)N[C@@H](CC(N)=O)C(=O)NCC(=O)NCC(=O)N[C@@H](CC(N)=O)C(=O)NCC(N)=O. The second-order valence-electron chi connectivity index (χ2n) is 30.4. The zero-order chi connectivity index (χ0) is 95.6. The number of para-hydroxylation sites is 1. The smallest absolute Gasteiger partial charge is 0.303 e. The monoisotopic (exact) mass is 1800 g/mol. The van der Waals surface area contributed by atoms with Gasteiger partial charge in [-0.2, -0.15) is 0 Å². The van der Waals surface area contributed by atoms with Gasteiger partial charge in [0.2, 0.25) is 118 Å². The molecule has 128 heavy (non-hydrogen) atoms. The van der Waals surface area contributed by atoms with Crippen LogP contribution in [0.1, 0.15) is 110 Å². The van der Waals surface area contributed by atoms with Crippen LogP contribution in [0.5, 0.6) is 0 Å². The number of nitrogens with one attached hydrogen (secondary N) is 21. The number of primary amides is 3. The van der Waals surface area contributed by atoms with E-state index >= 15 is 0 Å². The number of imidazole rings is 1. The third-order valence-electron chi connectivity index (χ3n) is 18.8. The Hall–Kier alpha value is -14.8. The Morgan fingerprint density at radius 2 is 0.875 bits per heavy atom. The summed E-state index contributed by atoms with van der Waals surface area (Å²) in [5, 5.41) is 70.9. The van der Waals surface area contributed by atoms with Gasteiger partial charge < -0.3 is 145 Å². The molecular formula is C78H115N27O23. The Bertz CT molecular complexity index is 4600. The Morgan fingerprint density at radius 3 is 1.43 bits per heavy atom. The van der Waals surface area contributed by atoms with Gasteiger partial charge in [-0.15, -0.1) is 0 Å². The van der Waals surface area contributed by atoms with Gasteiger partial charge in [-0.25, -0.2) is 4.98 Å². The van der Waals surface area contributed by atoms with Crippen LogP contribution in [0.3, 0.4) is 0 Å². The molecule has 20 amide bonds. The van der Waals surface area contributed by atoms with Crippen LogP contribution in [0.15, 0.2) is 73.3 Å². The number of fused-ring (bicyclic) bond motifs is 1. The fraction of sp³-hybridized carbons (Fsp3) is 0.500. The summed E-state index contributed by atoms with van der Waals surface area (Å²) in [7, 11) is 0.